The highest BCUT2D eigenvalue weighted by Gasteiger charge is 2.07. The van der Waals surface area contributed by atoms with Gasteiger partial charge in [-0.25, -0.2) is 9.78 Å². The summed E-state index contributed by atoms with van der Waals surface area (Å²) in [6.45, 7) is 0. The maximum absolute atomic E-state index is 12.0. The molecule has 0 aliphatic heterocycles. The summed E-state index contributed by atoms with van der Waals surface area (Å²) in [6, 6.07) is 16.0. The van der Waals surface area contributed by atoms with Gasteiger partial charge in [-0.15, -0.1) is 0 Å². The van der Waals surface area contributed by atoms with E-state index in [2.05, 4.69) is 14.7 Å². The van der Waals surface area contributed by atoms with Crippen molar-refractivity contribution < 1.29 is 14.3 Å². The van der Waals surface area contributed by atoms with Gasteiger partial charge in [-0.3, -0.25) is 4.79 Å². The van der Waals surface area contributed by atoms with E-state index < -0.39 is 0 Å². The van der Waals surface area contributed by atoms with Crippen LogP contribution in [-0.2, 0) is 10.5 Å². The number of aromatic nitrogens is 2. The molecule has 0 spiro atoms. The SMILES string of the molecule is COC(=O)c1ccc(CSc2nc(-c3ccc(OC)cc3)cc(=O)[nH]2)cc1. The monoisotopic (exact) mass is 382 g/mol. The molecule has 3 aromatic rings. The average Bonchev–Trinajstić information content (AvgIpc) is 2.71. The minimum atomic E-state index is -0.368. The topological polar surface area (TPSA) is 81.3 Å². The number of benzene rings is 2. The quantitative estimate of drug-likeness (QED) is 0.399. The van der Waals surface area contributed by atoms with Crippen molar-refractivity contribution in [1.29, 1.82) is 0 Å². The van der Waals surface area contributed by atoms with E-state index in [-0.39, 0.29) is 11.5 Å². The van der Waals surface area contributed by atoms with Gasteiger partial charge < -0.3 is 14.5 Å². The Morgan fingerprint density at radius 1 is 1.07 bits per heavy atom. The first-order valence-electron chi connectivity index (χ1n) is 8.15. The Morgan fingerprint density at radius 2 is 1.78 bits per heavy atom. The number of methoxy groups -OCH3 is 2. The van der Waals surface area contributed by atoms with Crippen LogP contribution in [0.5, 0.6) is 5.75 Å². The molecule has 6 nitrogen and oxygen atoms in total. The number of hydrogen-bond acceptors (Lipinski definition) is 6. The van der Waals surface area contributed by atoms with Gasteiger partial charge in [-0.05, 0) is 42.0 Å². The molecule has 138 valence electrons. The second kappa shape index (κ2) is 8.55. The normalized spacial score (nSPS) is 10.4. The van der Waals surface area contributed by atoms with Crippen LogP contribution >= 0.6 is 11.8 Å². The van der Waals surface area contributed by atoms with Gasteiger partial charge >= 0.3 is 5.97 Å². The lowest BCUT2D eigenvalue weighted by atomic mass is 10.1. The molecule has 2 aromatic carbocycles. The zero-order chi connectivity index (χ0) is 19.2. The third-order valence-corrected chi connectivity index (χ3v) is 4.80. The minimum Gasteiger partial charge on any atom is -0.497 e. The summed E-state index contributed by atoms with van der Waals surface area (Å²) in [5, 5.41) is 0.533. The lowest BCUT2D eigenvalue weighted by Gasteiger charge is -2.06. The summed E-state index contributed by atoms with van der Waals surface area (Å²) in [7, 11) is 2.96. The van der Waals surface area contributed by atoms with E-state index in [9.17, 15) is 9.59 Å². The molecule has 27 heavy (non-hydrogen) atoms. The number of hydrogen-bond donors (Lipinski definition) is 1. The number of nitrogens with one attached hydrogen (secondary N) is 1. The summed E-state index contributed by atoms with van der Waals surface area (Å²) in [5.74, 6) is 0.984. The van der Waals surface area contributed by atoms with Gasteiger partial charge in [0, 0.05) is 17.4 Å². The van der Waals surface area contributed by atoms with E-state index in [0.717, 1.165) is 16.9 Å². The molecule has 1 heterocycles. The van der Waals surface area contributed by atoms with Gasteiger partial charge in [0.2, 0.25) is 0 Å². The van der Waals surface area contributed by atoms with Crippen molar-refractivity contribution in [3.05, 3.63) is 76.1 Å². The van der Waals surface area contributed by atoms with Crippen LogP contribution in [-0.4, -0.2) is 30.2 Å². The fourth-order valence-electron chi connectivity index (χ4n) is 2.42. The maximum atomic E-state index is 12.0. The van der Waals surface area contributed by atoms with Gasteiger partial charge in [0.25, 0.3) is 5.56 Å². The summed E-state index contributed by atoms with van der Waals surface area (Å²) in [6.07, 6.45) is 0. The largest absolute Gasteiger partial charge is 0.497 e. The van der Waals surface area contributed by atoms with Crippen molar-refractivity contribution in [2.45, 2.75) is 10.9 Å². The number of ether oxygens (including phenoxy) is 2. The Morgan fingerprint density at radius 3 is 2.41 bits per heavy atom. The zero-order valence-corrected chi connectivity index (χ0v) is 15.7. The molecular weight excluding hydrogens is 364 g/mol. The third kappa shape index (κ3) is 4.77. The number of aromatic amines is 1. The Hall–Kier alpha value is -3.06. The summed E-state index contributed by atoms with van der Waals surface area (Å²) < 4.78 is 9.84. The van der Waals surface area contributed by atoms with Gasteiger partial charge in [-0.1, -0.05) is 23.9 Å². The highest BCUT2D eigenvalue weighted by atomic mass is 32.2. The molecule has 0 unspecified atom stereocenters. The highest BCUT2D eigenvalue weighted by molar-refractivity contribution is 7.98. The molecule has 3 rings (SSSR count). The average molecular weight is 382 g/mol. The maximum Gasteiger partial charge on any atom is 0.337 e. The van der Waals surface area contributed by atoms with E-state index >= 15 is 0 Å². The Bertz CT molecular complexity index is 982. The van der Waals surface area contributed by atoms with Crippen molar-refractivity contribution in [2.75, 3.05) is 14.2 Å². The number of carbonyl (C=O) groups excluding carboxylic acids is 1. The molecule has 0 aliphatic rings. The van der Waals surface area contributed by atoms with Crippen LogP contribution in [0.3, 0.4) is 0 Å². The first-order chi connectivity index (χ1) is 13.1. The highest BCUT2D eigenvalue weighted by Crippen LogP contribution is 2.23. The minimum absolute atomic E-state index is 0.209. The van der Waals surface area contributed by atoms with Crippen LogP contribution in [0.4, 0.5) is 0 Å². The van der Waals surface area contributed by atoms with E-state index in [1.807, 2.05) is 36.4 Å². The summed E-state index contributed by atoms with van der Waals surface area (Å²) in [4.78, 5) is 30.7. The molecule has 1 aromatic heterocycles. The molecular formula is C20H18N2O4S. The number of carbonyl (C=O) groups is 1. The molecule has 0 aliphatic carbocycles. The first kappa shape index (κ1) is 18.7. The van der Waals surface area contributed by atoms with Gasteiger partial charge in [-0.2, -0.15) is 0 Å². The van der Waals surface area contributed by atoms with E-state index in [0.29, 0.717) is 22.2 Å². The predicted molar refractivity (Wildman–Crippen MR) is 104 cm³/mol. The van der Waals surface area contributed by atoms with Gasteiger partial charge in [0.15, 0.2) is 5.16 Å². The fraction of sp³-hybridized carbons (Fsp3) is 0.150. The molecule has 0 saturated carbocycles. The fourth-order valence-corrected chi connectivity index (χ4v) is 3.25. The molecule has 0 radical (unpaired) electrons. The van der Waals surface area contributed by atoms with E-state index in [1.165, 1.54) is 24.9 Å². The molecule has 0 amide bonds. The second-order valence-corrected chi connectivity index (χ2v) is 6.61. The molecule has 7 heteroatoms. The van der Waals surface area contributed by atoms with Crippen LogP contribution in [0.1, 0.15) is 15.9 Å². The van der Waals surface area contributed by atoms with Crippen LogP contribution in [0, 0.1) is 0 Å². The number of thioether (sulfide) groups is 1. The molecule has 0 fully saturated rings. The third-order valence-electron chi connectivity index (χ3n) is 3.86. The van der Waals surface area contributed by atoms with E-state index in [4.69, 9.17) is 4.74 Å². The van der Waals surface area contributed by atoms with Crippen LogP contribution < -0.4 is 10.3 Å². The standard InChI is InChI=1S/C20H18N2O4S/c1-25-16-9-7-14(8-10-16)17-11-18(23)22-20(21-17)27-12-13-3-5-15(6-4-13)19(24)26-2/h3-11H,12H2,1-2H3,(H,21,22,23). The van der Waals surface area contributed by atoms with Gasteiger partial charge in [0.1, 0.15) is 5.75 Å². The second-order valence-electron chi connectivity index (χ2n) is 5.64. The van der Waals surface area contributed by atoms with Crippen LogP contribution in [0.25, 0.3) is 11.3 Å². The van der Waals surface area contributed by atoms with Crippen molar-refractivity contribution >= 4 is 17.7 Å². The predicted octanol–water partition coefficient (Wildman–Crippen LogP) is 3.52. The lowest BCUT2D eigenvalue weighted by Crippen LogP contribution is -2.08. The van der Waals surface area contributed by atoms with Crippen molar-refractivity contribution in [3.8, 4) is 17.0 Å². The van der Waals surface area contributed by atoms with Crippen molar-refractivity contribution in [1.82, 2.24) is 9.97 Å². The molecule has 0 saturated heterocycles. The Labute approximate surface area is 160 Å². The Balaban J connectivity index is 1.74. The van der Waals surface area contributed by atoms with E-state index in [1.54, 1.807) is 19.2 Å². The number of nitrogens with zero attached hydrogens (tertiary/aromatic N) is 1. The van der Waals surface area contributed by atoms with Crippen LogP contribution in [0.2, 0.25) is 0 Å². The zero-order valence-electron chi connectivity index (χ0n) is 14.9. The molecule has 1 N–H and O–H groups in total. The van der Waals surface area contributed by atoms with Crippen LogP contribution in [0.15, 0.2) is 64.5 Å². The Kier molecular flexibility index (Phi) is 5.93. The summed E-state index contributed by atoms with van der Waals surface area (Å²) in [5.41, 5.74) is 2.74. The summed E-state index contributed by atoms with van der Waals surface area (Å²) >= 11 is 1.42. The number of esters is 1. The van der Waals surface area contributed by atoms with Crippen molar-refractivity contribution in [3.63, 3.8) is 0 Å². The first-order valence-corrected chi connectivity index (χ1v) is 9.13. The lowest BCUT2D eigenvalue weighted by molar-refractivity contribution is 0.0600. The number of H-pyrrole nitrogens is 1. The molecule has 0 bridgehead atoms. The molecule has 0 atom stereocenters. The van der Waals surface area contributed by atoms with Gasteiger partial charge in [0.05, 0.1) is 25.5 Å². The number of rotatable bonds is 6. The van der Waals surface area contributed by atoms with Crippen molar-refractivity contribution in [2.24, 2.45) is 0 Å². The smallest absolute Gasteiger partial charge is 0.337 e.